The van der Waals surface area contributed by atoms with Crippen molar-refractivity contribution in [1.82, 2.24) is 29.5 Å². The van der Waals surface area contributed by atoms with E-state index in [9.17, 15) is 9.59 Å². The second kappa shape index (κ2) is 9.55. The van der Waals surface area contributed by atoms with E-state index < -0.39 is 5.97 Å². The lowest BCUT2D eigenvalue weighted by molar-refractivity contribution is -0.113. The van der Waals surface area contributed by atoms with Gasteiger partial charge in [0.15, 0.2) is 11.5 Å². The van der Waals surface area contributed by atoms with Crippen LogP contribution in [0.2, 0.25) is 0 Å². The number of para-hydroxylation sites is 2. The molecule has 0 saturated heterocycles. The maximum Gasteiger partial charge on any atom is 0.343 e. The summed E-state index contributed by atoms with van der Waals surface area (Å²) >= 11 is 1.15. The largest absolute Gasteiger partial charge is 0.462 e. The first kappa shape index (κ1) is 22.5. The van der Waals surface area contributed by atoms with Crippen LogP contribution in [0.25, 0.3) is 27.8 Å². The molecule has 3 aromatic heterocycles. The lowest BCUT2D eigenvalue weighted by Crippen LogP contribution is -2.19. The molecule has 0 aliphatic carbocycles. The summed E-state index contributed by atoms with van der Waals surface area (Å²) in [5, 5.41) is 17.0. The van der Waals surface area contributed by atoms with Crippen molar-refractivity contribution in [2.24, 2.45) is 7.05 Å². The maximum absolute atomic E-state index is 12.9. The summed E-state index contributed by atoms with van der Waals surface area (Å²) in [5.74, 6) is -0.659. The van der Waals surface area contributed by atoms with Gasteiger partial charge in [-0.2, -0.15) is 5.10 Å². The minimum absolute atomic E-state index is 0.0133. The van der Waals surface area contributed by atoms with Crippen molar-refractivity contribution in [3.05, 3.63) is 66.4 Å². The number of benzene rings is 2. The minimum atomic E-state index is -0.564. The molecule has 0 saturated carbocycles. The number of carbonyl (C=O) groups excluding carboxylic acids is 2. The number of rotatable bonds is 7. The van der Waals surface area contributed by atoms with Crippen LogP contribution in [0.15, 0.2) is 66.0 Å². The van der Waals surface area contributed by atoms with Crippen LogP contribution in [0.5, 0.6) is 0 Å². The van der Waals surface area contributed by atoms with E-state index in [4.69, 9.17) is 4.74 Å². The summed E-state index contributed by atoms with van der Waals surface area (Å²) < 4.78 is 8.57. The Morgan fingerprint density at radius 1 is 1.06 bits per heavy atom. The molecular weight excluding hydrogens is 466 g/mol. The number of hydrogen-bond donors (Lipinski definition) is 1. The van der Waals surface area contributed by atoms with E-state index in [1.54, 1.807) is 6.92 Å². The lowest BCUT2D eigenvalue weighted by Gasteiger charge is -2.11. The topological polar surface area (TPSA) is 117 Å². The van der Waals surface area contributed by atoms with Gasteiger partial charge in [-0.3, -0.25) is 4.79 Å². The van der Waals surface area contributed by atoms with Gasteiger partial charge in [0.2, 0.25) is 11.1 Å². The molecule has 5 aromatic rings. The molecule has 35 heavy (non-hydrogen) atoms. The van der Waals surface area contributed by atoms with Gasteiger partial charge in [0.05, 0.1) is 29.8 Å². The highest BCUT2D eigenvalue weighted by Crippen LogP contribution is 2.26. The number of anilines is 1. The molecule has 5 rings (SSSR count). The molecule has 2 aromatic carbocycles. The van der Waals surface area contributed by atoms with Gasteiger partial charge >= 0.3 is 5.97 Å². The summed E-state index contributed by atoms with van der Waals surface area (Å²) in [4.78, 5) is 29.9. The van der Waals surface area contributed by atoms with Crippen molar-refractivity contribution in [2.75, 3.05) is 17.7 Å². The third kappa shape index (κ3) is 4.33. The van der Waals surface area contributed by atoms with Gasteiger partial charge in [-0.15, -0.1) is 10.2 Å². The van der Waals surface area contributed by atoms with Crippen LogP contribution in [0, 0.1) is 0 Å². The molecular formula is C24H21N7O3S. The molecule has 3 heterocycles. The zero-order valence-electron chi connectivity index (χ0n) is 19.0. The number of nitrogens with one attached hydrogen (secondary N) is 1. The smallest absolute Gasteiger partial charge is 0.343 e. The van der Waals surface area contributed by atoms with Crippen LogP contribution < -0.4 is 5.32 Å². The Bertz CT molecular complexity index is 1550. The van der Waals surface area contributed by atoms with Crippen molar-refractivity contribution < 1.29 is 14.3 Å². The maximum atomic E-state index is 12.9. The Morgan fingerprint density at radius 2 is 1.83 bits per heavy atom. The first-order valence-corrected chi connectivity index (χ1v) is 11.9. The van der Waals surface area contributed by atoms with Gasteiger partial charge in [-0.05, 0) is 25.1 Å². The Hall–Kier alpha value is -4.25. The zero-order chi connectivity index (χ0) is 24.4. The molecule has 0 unspecified atom stereocenters. The van der Waals surface area contributed by atoms with Gasteiger partial charge in [-0.1, -0.05) is 48.2 Å². The van der Waals surface area contributed by atoms with E-state index in [2.05, 4.69) is 25.6 Å². The highest BCUT2D eigenvalue weighted by atomic mass is 32.2. The highest BCUT2D eigenvalue weighted by molar-refractivity contribution is 7.99. The third-order valence-electron chi connectivity index (χ3n) is 5.34. The third-order valence-corrected chi connectivity index (χ3v) is 6.18. The van der Waals surface area contributed by atoms with Gasteiger partial charge in [0, 0.05) is 12.4 Å². The second-order valence-electron chi connectivity index (χ2n) is 7.55. The van der Waals surface area contributed by atoms with Crippen LogP contribution in [-0.4, -0.2) is 53.8 Å². The molecule has 0 bridgehead atoms. The van der Waals surface area contributed by atoms with Crippen LogP contribution in [0.4, 0.5) is 5.82 Å². The number of hydrogen-bond acceptors (Lipinski definition) is 8. The molecule has 0 fully saturated rings. The number of aromatic nitrogens is 6. The van der Waals surface area contributed by atoms with E-state index in [0.717, 1.165) is 22.7 Å². The lowest BCUT2D eigenvalue weighted by atomic mass is 10.2. The highest BCUT2D eigenvalue weighted by Gasteiger charge is 2.22. The van der Waals surface area contributed by atoms with Crippen molar-refractivity contribution in [1.29, 1.82) is 0 Å². The van der Waals surface area contributed by atoms with Crippen molar-refractivity contribution >= 4 is 51.5 Å². The average molecular weight is 488 g/mol. The van der Waals surface area contributed by atoms with E-state index >= 15 is 0 Å². The van der Waals surface area contributed by atoms with Crippen LogP contribution in [0.3, 0.4) is 0 Å². The van der Waals surface area contributed by atoms with Crippen LogP contribution >= 0.6 is 11.8 Å². The van der Waals surface area contributed by atoms with Gasteiger partial charge in [-0.25, -0.2) is 14.5 Å². The molecule has 0 spiro atoms. The fourth-order valence-electron chi connectivity index (χ4n) is 3.74. The van der Waals surface area contributed by atoms with E-state index in [1.807, 2.05) is 66.2 Å². The molecule has 11 heteroatoms. The summed E-state index contributed by atoms with van der Waals surface area (Å²) in [6.07, 6.45) is 1.38. The molecule has 0 aliphatic heterocycles. The number of amides is 1. The predicted octanol–water partition coefficient (Wildman–Crippen LogP) is 3.61. The molecule has 10 nitrogen and oxygen atoms in total. The Morgan fingerprint density at radius 3 is 2.63 bits per heavy atom. The monoisotopic (exact) mass is 487 g/mol. The average Bonchev–Trinajstić information content (AvgIpc) is 3.42. The standard InChI is InChI=1S/C24H21N7O3S/c1-3-34-23(33)17-13-25-31(15-9-5-4-6-10-15)21(17)26-19(32)14-35-24-27-22-20(28-29-24)16-11-7-8-12-18(16)30(22)2/h4-13H,3,14H2,1-2H3,(H,26,32). The fraction of sp³-hybridized carbons (Fsp3) is 0.167. The molecule has 1 amide bonds. The minimum Gasteiger partial charge on any atom is -0.462 e. The fourth-order valence-corrected chi connectivity index (χ4v) is 4.33. The van der Waals surface area contributed by atoms with Crippen molar-refractivity contribution in [2.45, 2.75) is 12.1 Å². The van der Waals surface area contributed by atoms with Gasteiger partial charge in [0.25, 0.3) is 0 Å². The Labute approximate surface area is 204 Å². The molecule has 0 aliphatic rings. The SMILES string of the molecule is CCOC(=O)c1cnn(-c2ccccc2)c1NC(=O)CSc1nnc2c3ccccc3n(C)c2n1. The molecule has 176 valence electrons. The Kier molecular flexibility index (Phi) is 6.15. The van der Waals surface area contributed by atoms with Crippen LogP contribution in [-0.2, 0) is 16.6 Å². The number of ether oxygens (including phenoxy) is 1. The number of nitrogens with zero attached hydrogens (tertiary/aromatic N) is 6. The first-order valence-electron chi connectivity index (χ1n) is 10.9. The second-order valence-corrected chi connectivity index (χ2v) is 8.50. The number of thioether (sulfide) groups is 1. The van der Waals surface area contributed by atoms with Gasteiger partial charge < -0.3 is 14.6 Å². The molecule has 1 N–H and O–H groups in total. The predicted molar refractivity (Wildman–Crippen MR) is 133 cm³/mol. The molecule has 0 radical (unpaired) electrons. The summed E-state index contributed by atoms with van der Waals surface area (Å²) in [6, 6.07) is 17.1. The van der Waals surface area contributed by atoms with E-state index in [1.165, 1.54) is 10.9 Å². The normalized spacial score (nSPS) is 11.1. The van der Waals surface area contributed by atoms with Crippen molar-refractivity contribution in [3.63, 3.8) is 0 Å². The number of fused-ring (bicyclic) bond motifs is 3. The van der Waals surface area contributed by atoms with Gasteiger partial charge in [0.1, 0.15) is 11.1 Å². The quantitative estimate of drug-likeness (QED) is 0.273. The number of esters is 1. The molecule has 0 atom stereocenters. The summed E-state index contributed by atoms with van der Waals surface area (Å²) in [6.45, 7) is 1.93. The van der Waals surface area contributed by atoms with E-state index in [0.29, 0.717) is 22.0 Å². The zero-order valence-corrected chi connectivity index (χ0v) is 19.8. The van der Waals surface area contributed by atoms with Crippen molar-refractivity contribution in [3.8, 4) is 5.69 Å². The summed E-state index contributed by atoms with van der Waals surface area (Å²) in [5.41, 5.74) is 3.27. The van der Waals surface area contributed by atoms with E-state index in [-0.39, 0.29) is 29.6 Å². The first-order chi connectivity index (χ1) is 17.1. The number of aryl methyl sites for hydroxylation is 1. The Balaban J connectivity index is 1.37. The number of carbonyl (C=O) groups is 2. The summed E-state index contributed by atoms with van der Waals surface area (Å²) in [7, 11) is 1.92. The van der Waals surface area contributed by atoms with Crippen LogP contribution in [0.1, 0.15) is 17.3 Å².